The van der Waals surface area contributed by atoms with Crippen LogP contribution in [-0.2, 0) is 0 Å². The highest BCUT2D eigenvalue weighted by Crippen LogP contribution is 2.15. The van der Waals surface area contributed by atoms with Gasteiger partial charge in [0, 0.05) is 0 Å². The minimum atomic E-state index is -1.23. The highest BCUT2D eigenvalue weighted by atomic mass is 35.5. The summed E-state index contributed by atoms with van der Waals surface area (Å²) in [6.45, 7) is 2.94. The van der Waals surface area contributed by atoms with Gasteiger partial charge in [0.15, 0.2) is 5.50 Å². The largest absolute Gasteiger partial charge is 0.465 e. The normalized spacial score (nSPS) is 13.7. The second-order valence-corrected chi connectivity index (χ2v) is 3.01. The van der Waals surface area contributed by atoms with Crippen LogP contribution in [0.4, 0.5) is 4.79 Å². The number of hydrogen-bond acceptors (Lipinski definition) is 3. The van der Waals surface area contributed by atoms with E-state index in [-0.39, 0.29) is 0 Å². The van der Waals surface area contributed by atoms with Crippen molar-refractivity contribution in [3.05, 3.63) is 4.91 Å². The van der Waals surface area contributed by atoms with Crippen molar-refractivity contribution in [1.29, 1.82) is 0 Å². The van der Waals surface area contributed by atoms with Crippen LogP contribution in [0.1, 0.15) is 13.8 Å². The lowest BCUT2D eigenvalue weighted by atomic mass is 10.1. The number of hydrogen-bond donors (Lipinski definition) is 2. The molecule has 64 valence electrons. The van der Waals surface area contributed by atoms with Crippen LogP contribution in [0.15, 0.2) is 5.18 Å². The van der Waals surface area contributed by atoms with E-state index < -0.39 is 17.1 Å². The van der Waals surface area contributed by atoms with Crippen molar-refractivity contribution in [2.45, 2.75) is 24.9 Å². The molecule has 0 heterocycles. The number of alkyl halides is 1. The predicted octanol–water partition coefficient (Wildman–Crippen LogP) is 1.36. The second-order valence-electron chi connectivity index (χ2n) is 2.59. The number of amides is 1. The Bertz CT molecular complexity index is 171. The molecule has 0 fully saturated rings. The molecule has 0 saturated carbocycles. The van der Waals surface area contributed by atoms with E-state index in [0.717, 1.165) is 0 Å². The Balaban J connectivity index is 4.19. The van der Waals surface area contributed by atoms with Crippen molar-refractivity contribution in [3.8, 4) is 0 Å². The molecule has 1 amide bonds. The first kappa shape index (κ1) is 10.2. The van der Waals surface area contributed by atoms with Crippen LogP contribution in [0.5, 0.6) is 0 Å². The molecule has 0 aliphatic heterocycles. The molecule has 6 heteroatoms. The summed E-state index contributed by atoms with van der Waals surface area (Å²) in [6.07, 6.45) is -1.23. The lowest BCUT2D eigenvalue weighted by molar-refractivity contribution is 0.181. The molecule has 0 saturated heterocycles. The monoisotopic (exact) mass is 180 g/mol. The number of carbonyl (C=O) groups is 1. The van der Waals surface area contributed by atoms with E-state index >= 15 is 0 Å². The molecule has 0 aliphatic rings. The van der Waals surface area contributed by atoms with Gasteiger partial charge < -0.3 is 10.4 Å². The molecule has 1 atom stereocenters. The maximum absolute atomic E-state index is 10.1. The Morgan fingerprint density at radius 1 is 1.73 bits per heavy atom. The van der Waals surface area contributed by atoms with Crippen molar-refractivity contribution in [2.75, 3.05) is 0 Å². The van der Waals surface area contributed by atoms with Crippen LogP contribution in [0.2, 0.25) is 0 Å². The van der Waals surface area contributed by atoms with Crippen LogP contribution >= 0.6 is 11.6 Å². The standard InChI is InChI=1S/C5H9ClN2O3/c1-5(2,3(6)8-11)7-4(9)10/h3,7H,1-2H3,(H,9,10). The molecule has 0 aromatic carbocycles. The molecule has 2 N–H and O–H groups in total. The summed E-state index contributed by atoms with van der Waals surface area (Å²) >= 11 is 5.40. The highest BCUT2D eigenvalue weighted by molar-refractivity contribution is 6.21. The smallest absolute Gasteiger partial charge is 0.405 e. The Morgan fingerprint density at radius 2 is 2.18 bits per heavy atom. The third kappa shape index (κ3) is 3.18. The quantitative estimate of drug-likeness (QED) is 0.391. The zero-order chi connectivity index (χ0) is 9.07. The van der Waals surface area contributed by atoms with Crippen LogP contribution in [-0.4, -0.2) is 22.2 Å². The van der Waals surface area contributed by atoms with Gasteiger partial charge in [0.2, 0.25) is 0 Å². The van der Waals surface area contributed by atoms with Gasteiger partial charge in [-0.25, -0.2) is 4.79 Å². The number of nitrogens with zero attached hydrogens (tertiary/aromatic N) is 1. The first-order valence-corrected chi connectivity index (χ1v) is 3.31. The van der Waals surface area contributed by atoms with Gasteiger partial charge in [0.05, 0.1) is 5.54 Å². The fourth-order valence-corrected chi connectivity index (χ4v) is 0.521. The van der Waals surface area contributed by atoms with Crippen LogP contribution in [0.3, 0.4) is 0 Å². The lowest BCUT2D eigenvalue weighted by Gasteiger charge is -2.24. The summed E-state index contributed by atoms with van der Waals surface area (Å²) in [6, 6.07) is 0. The van der Waals surface area contributed by atoms with Gasteiger partial charge in [-0.3, -0.25) is 0 Å². The van der Waals surface area contributed by atoms with Crippen molar-refractivity contribution < 1.29 is 9.90 Å². The van der Waals surface area contributed by atoms with E-state index in [1.54, 1.807) is 0 Å². The van der Waals surface area contributed by atoms with E-state index in [4.69, 9.17) is 16.7 Å². The minimum absolute atomic E-state index is 1.03. The maximum atomic E-state index is 10.1. The SMILES string of the molecule is CC(C)(NC(=O)O)C(Cl)N=O. The van der Waals surface area contributed by atoms with Crippen molar-refractivity contribution in [2.24, 2.45) is 5.18 Å². The number of halogens is 1. The van der Waals surface area contributed by atoms with Crippen molar-refractivity contribution >= 4 is 17.7 Å². The number of carboxylic acid groups (broad SMARTS) is 1. The third-order valence-electron chi connectivity index (χ3n) is 1.12. The van der Waals surface area contributed by atoms with Crippen molar-refractivity contribution in [3.63, 3.8) is 0 Å². The molecule has 1 unspecified atom stereocenters. The summed E-state index contributed by atoms with van der Waals surface area (Å²) in [5.41, 5.74) is -2.13. The van der Waals surface area contributed by atoms with E-state index in [9.17, 15) is 9.70 Å². The molecule has 0 radical (unpaired) electrons. The minimum Gasteiger partial charge on any atom is -0.465 e. The van der Waals surface area contributed by atoms with Gasteiger partial charge >= 0.3 is 6.09 Å². The van der Waals surface area contributed by atoms with Crippen LogP contribution in [0, 0.1) is 4.91 Å². The van der Waals surface area contributed by atoms with E-state index in [2.05, 4.69) is 10.5 Å². The van der Waals surface area contributed by atoms with Gasteiger partial charge in [-0.2, -0.15) is 0 Å². The summed E-state index contributed by atoms with van der Waals surface area (Å²) in [5, 5.41) is 12.8. The fraction of sp³-hybridized carbons (Fsp3) is 0.800. The summed E-state index contributed by atoms with van der Waals surface area (Å²) < 4.78 is 0. The molecular weight excluding hydrogens is 172 g/mol. The van der Waals surface area contributed by atoms with Crippen LogP contribution in [0.25, 0.3) is 0 Å². The molecule has 0 bridgehead atoms. The average molecular weight is 181 g/mol. The molecule has 5 nitrogen and oxygen atoms in total. The summed E-state index contributed by atoms with van der Waals surface area (Å²) in [4.78, 5) is 20.0. The molecule has 11 heavy (non-hydrogen) atoms. The van der Waals surface area contributed by atoms with E-state index in [1.165, 1.54) is 13.8 Å². The third-order valence-corrected chi connectivity index (χ3v) is 1.74. The number of rotatable bonds is 3. The van der Waals surface area contributed by atoms with Gasteiger partial charge in [-0.15, -0.1) is 4.91 Å². The predicted molar refractivity (Wildman–Crippen MR) is 40.7 cm³/mol. The molecule has 0 aromatic rings. The van der Waals surface area contributed by atoms with Gasteiger partial charge in [0.1, 0.15) is 0 Å². The number of nitroso groups, excluding NO2 is 1. The Morgan fingerprint density at radius 3 is 2.45 bits per heavy atom. The zero-order valence-corrected chi connectivity index (χ0v) is 6.92. The fourth-order valence-electron chi connectivity index (χ4n) is 0.467. The van der Waals surface area contributed by atoms with Crippen LogP contribution < -0.4 is 5.32 Å². The van der Waals surface area contributed by atoms with Gasteiger partial charge in [0.25, 0.3) is 0 Å². The van der Waals surface area contributed by atoms with E-state index in [1.807, 2.05) is 0 Å². The number of nitrogens with one attached hydrogen (secondary N) is 1. The Labute approximate surface area is 68.7 Å². The zero-order valence-electron chi connectivity index (χ0n) is 6.17. The topological polar surface area (TPSA) is 78.8 Å². The Hall–Kier alpha value is -0.840. The first-order valence-electron chi connectivity index (χ1n) is 2.88. The highest BCUT2D eigenvalue weighted by Gasteiger charge is 2.30. The average Bonchev–Trinajstić information content (AvgIpc) is 1.83. The molecule has 0 aromatic heterocycles. The maximum Gasteiger partial charge on any atom is 0.405 e. The van der Waals surface area contributed by atoms with Crippen molar-refractivity contribution in [1.82, 2.24) is 5.32 Å². The molecular formula is C5H9ClN2O3. The van der Waals surface area contributed by atoms with Gasteiger partial charge in [-0.1, -0.05) is 11.6 Å². The molecule has 0 aliphatic carbocycles. The molecule has 0 spiro atoms. The first-order chi connectivity index (χ1) is 4.90. The van der Waals surface area contributed by atoms with E-state index in [0.29, 0.717) is 0 Å². The Kier molecular flexibility index (Phi) is 3.25. The summed E-state index contributed by atoms with van der Waals surface area (Å²) in [5.74, 6) is 0. The molecule has 0 rings (SSSR count). The lowest BCUT2D eigenvalue weighted by Crippen LogP contribution is -2.48. The second kappa shape index (κ2) is 3.52. The summed E-state index contributed by atoms with van der Waals surface area (Å²) in [7, 11) is 0. The van der Waals surface area contributed by atoms with Gasteiger partial charge in [-0.05, 0) is 19.0 Å².